The summed E-state index contributed by atoms with van der Waals surface area (Å²) in [5.41, 5.74) is 0.00799. The molecule has 3 aromatic rings. The number of carbonyl (C=O) groups excluding carboxylic acids is 3. The Kier molecular flexibility index (Phi) is 5.45. The number of hydrogen-bond acceptors (Lipinski definition) is 7. The number of carbonyl (C=O) groups is 3. The highest BCUT2D eigenvalue weighted by Gasteiger charge is 2.52. The zero-order valence-corrected chi connectivity index (χ0v) is 18.6. The van der Waals surface area contributed by atoms with E-state index in [-0.39, 0.29) is 24.4 Å². The molecule has 1 aliphatic heterocycles. The van der Waals surface area contributed by atoms with Gasteiger partial charge in [0.15, 0.2) is 6.61 Å². The molecule has 0 bridgehead atoms. The van der Waals surface area contributed by atoms with Crippen LogP contribution >= 0.6 is 11.3 Å². The average molecular weight is 467 g/mol. The molecule has 0 radical (unpaired) electrons. The van der Waals surface area contributed by atoms with E-state index in [9.17, 15) is 19.2 Å². The Morgan fingerprint density at radius 1 is 1.15 bits per heavy atom. The Morgan fingerprint density at radius 2 is 1.94 bits per heavy atom. The highest BCUT2D eigenvalue weighted by Crippen LogP contribution is 2.45. The molecule has 0 atom stereocenters. The van der Waals surface area contributed by atoms with E-state index in [1.54, 1.807) is 35.7 Å². The van der Waals surface area contributed by atoms with Crippen LogP contribution < -0.4 is 15.8 Å². The number of anilines is 2. The van der Waals surface area contributed by atoms with Gasteiger partial charge in [0.1, 0.15) is 10.4 Å². The number of rotatable bonds is 5. The smallest absolute Gasteiger partial charge is 0.308 e. The van der Waals surface area contributed by atoms with Gasteiger partial charge in [0, 0.05) is 6.54 Å². The summed E-state index contributed by atoms with van der Waals surface area (Å²) in [5, 5.41) is 5.22. The molecular weight excluding hydrogens is 444 g/mol. The van der Waals surface area contributed by atoms with Gasteiger partial charge in [-0.05, 0) is 36.4 Å². The first-order chi connectivity index (χ1) is 16.0. The molecule has 2 aromatic heterocycles. The number of esters is 1. The summed E-state index contributed by atoms with van der Waals surface area (Å²) in [7, 11) is 0. The third kappa shape index (κ3) is 3.70. The minimum absolute atomic E-state index is 0.0767. The van der Waals surface area contributed by atoms with E-state index in [4.69, 9.17) is 4.74 Å². The Hall–Kier alpha value is -3.53. The molecule has 3 heterocycles. The second-order valence-electron chi connectivity index (χ2n) is 8.23. The topological polar surface area (TPSA) is 111 Å². The summed E-state index contributed by atoms with van der Waals surface area (Å²) >= 11 is 1.38. The number of aryl methyl sites for hydroxylation is 1. The first-order valence-electron chi connectivity index (χ1n) is 10.8. The van der Waals surface area contributed by atoms with E-state index >= 15 is 0 Å². The monoisotopic (exact) mass is 466 g/mol. The number of thiophene rings is 1. The Labute approximate surface area is 193 Å². The van der Waals surface area contributed by atoms with Crippen molar-refractivity contribution < 1.29 is 19.1 Å². The quantitative estimate of drug-likeness (QED) is 0.579. The lowest BCUT2D eigenvalue weighted by molar-refractivity contribution is -0.148. The van der Waals surface area contributed by atoms with Crippen LogP contribution in [0.25, 0.3) is 10.2 Å². The SMILES string of the molecule is O=C(CCn1cnc2sccc2c1=O)OCC(=O)N1c2ccccc2NC(=O)C12CCCC2. The second kappa shape index (κ2) is 8.43. The van der Waals surface area contributed by atoms with Gasteiger partial charge in [-0.15, -0.1) is 11.3 Å². The molecule has 170 valence electrons. The van der Waals surface area contributed by atoms with Crippen molar-refractivity contribution in [3.63, 3.8) is 0 Å². The highest BCUT2D eigenvalue weighted by molar-refractivity contribution is 7.16. The maximum absolute atomic E-state index is 13.2. The van der Waals surface area contributed by atoms with Crippen molar-refractivity contribution >= 4 is 50.7 Å². The highest BCUT2D eigenvalue weighted by atomic mass is 32.1. The summed E-state index contributed by atoms with van der Waals surface area (Å²) in [6.45, 7) is -0.373. The zero-order valence-electron chi connectivity index (χ0n) is 17.8. The number of para-hydroxylation sites is 2. The Morgan fingerprint density at radius 3 is 2.76 bits per heavy atom. The van der Waals surface area contributed by atoms with Gasteiger partial charge in [0.25, 0.3) is 17.4 Å². The van der Waals surface area contributed by atoms with Crippen LogP contribution in [-0.4, -0.2) is 39.5 Å². The number of hydrogen-bond donors (Lipinski definition) is 1. The van der Waals surface area contributed by atoms with Crippen molar-refractivity contribution in [1.29, 1.82) is 0 Å². The number of nitrogens with one attached hydrogen (secondary N) is 1. The van der Waals surface area contributed by atoms with E-state index in [0.29, 0.717) is 34.4 Å². The number of ether oxygens (including phenoxy) is 1. The van der Waals surface area contributed by atoms with E-state index in [0.717, 1.165) is 12.8 Å². The molecule has 1 aliphatic carbocycles. The lowest BCUT2D eigenvalue weighted by Crippen LogP contribution is -2.61. The molecule has 0 saturated heterocycles. The Bertz CT molecular complexity index is 1310. The summed E-state index contributed by atoms with van der Waals surface area (Å²) in [5.74, 6) is -1.24. The van der Waals surface area contributed by atoms with Crippen molar-refractivity contribution in [3.8, 4) is 0 Å². The minimum Gasteiger partial charge on any atom is -0.455 e. The van der Waals surface area contributed by atoms with Crippen molar-refractivity contribution in [2.24, 2.45) is 0 Å². The number of amides is 2. The lowest BCUT2D eigenvalue weighted by atomic mass is 9.90. The van der Waals surface area contributed by atoms with Gasteiger partial charge in [-0.3, -0.25) is 28.6 Å². The molecule has 10 heteroatoms. The summed E-state index contributed by atoms with van der Waals surface area (Å²) in [6.07, 6.45) is 4.15. The predicted molar refractivity (Wildman–Crippen MR) is 123 cm³/mol. The molecule has 5 rings (SSSR count). The molecule has 1 aromatic carbocycles. The normalized spacial score (nSPS) is 16.6. The molecule has 1 N–H and O–H groups in total. The summed E-state index contributed by atoms with van der Waals surface area (Å²) in [4.78, 5) is 57.3. The van der Waals surface area contributed by atoms with Crippen LogP contribution in [0.4, 0.5) is 11.4 Å². The molecule has 0 unspecified atom stereocenters. The van der Waals surface area contributed by atoms with Gasteiger partial charge in [-0.25, -0.2) is 4.98 Å². The molecule has 1 saturated carbocycles. The molecule has 2 amide bonds. The molecule has 1 fully saturated rings. The van der Waals surface area contributed by atoms with Crippen LogP contribution in [0.5, 0.6) is 0 Å². The van der Waals surface area contributed by atoms with Gasteiger partial charge in [0.2, 0.25) is 0 Å². The molecule has 2 aliphatic rings. The third-order valence-corrected chi connectivity index (χ3v) is 7.11. The van der Waals surface area contributed by atoms with Crippen molar-refractivity contribution in [2.75, 3.05) is 16.8 Å². The fourth-order valence-corrected chi connectivity index (χ4v) is 5.40. The first kappa shape index (κ1) is 21.3. The zero-order chi connectivity index (χ0) is 23.0. The van der Waals surface area contributed by atoms with Crippen LogP contribution in [-0.2, 0) is 25.7 Å². The van der Waals surface area contributed by atoms with Crippen molar-refractivity contribution in [2.45, 2.75) is 44.2 Å². The summed E-state index contributed by atoms with van der Waals surface area (Å²) in [6, 6.07) is 8.83. The van der Waals surface area contributed by atoms with Crippen LogP contribution in [0.15, 0.2) is 46.8 Å². The molecular formula is C23H22N4O5S. The lowest BCUT2D eigenvalue weighted by Gasteiger charge is -2.44. The van der Waals surface area contributed by atoms with Gasteiger partial charge < -0.3 is 10.1 Å². The maximum atomic E-state index is 13.2. The third-order valence-electron chi connectivity index (χ3n) is 6.29. The van der Waals surface area contributed by atoms with Crippen LogP contribution in [0, 0.1) is 0 Å². The van der Waals surface area contributed by atoms with E-state index in [1.807, 2.05) is 0 Å². The van der Waals surface area contributed by atoms with Gasteiger partial charge in [0.05, 0.1) is 29.5 Å². The summed E-state index contributed by atoms with van der Waals surface area (Å²) < 4.78 is 6.61. The predicted octanol–water partition coefficient (Wildman–Crippen LogP) is 2.69. The number of fused-ring (bicyclic) bond motifs is 2. The number of nitrogens with zero attached hydrogens (tertiary/aromatic N) is 3. The molecule has 1 spiro atoms. The molecule has 33 heavy (non-hydrogen) atoms. The fourth-order valence-electron chi connectivity index (χ4n) is 4.67. The Balaban J connectivity index is 1.27. The largest absolute Gasteiger partial charge is 0.455 e. The van der Waals surface area contributed by atoms with Crippen LogP contribution in [0.1, 0.15) is 32.1 Å². The second-order valence-corrected chi connectivity index (χ2v) is 9.13. The number of aromatic nitrogens is 2. The minimum atomic E-state index is -0.952. The van der Waals surface area contributed by atoms with Gasteiger partial charge in [-0.1, -0.05) is 25.0 Å². The van der Waals surface area contributed by atoms with Crippen LogP contribution in [0.3, 0.4) is 0 Å². The standard InChI is InChI=1S/C23H22N4O5S/c28-18(13-32-19(29)7-11-26-14-24-20-15(21(26)30)8-12-33-20)27-17-6-2-1-5-16(17)25-22(31)23(27)9-3-4-10-23/h1-2,5-6,8,12,14H,3-4,7,9-11,13H2,(H,25,31). The van der Waals surface area contributed by atoms with Crippen molar-refractivity contribution in [3.05, 3.63) is 52.4 Å². The van der Waals surface area contributed by atoms with Gasteiger partial charge >= 0.3 is 5.97 Å². The molecule has 9 nitrogen and oxygen atoms in total. The maximum Gasteiger partial charge on any atom is 0.308 e. The van der Waals surface area contributed by atoms with E-state index < -0.39 is 24.0 Å². The fraction of sp³-hybridized carbons (Fsp3) is 0.348. The van der Waals surface area contributed by atoms with Crippen molar-refractivity contribution in [1.82, 2.24) is 9.55 Å². The van der Waals surface area contributed by atoms with Gasteiger partial charge in [-0.2, -0.15) is 0 Å². The first-order valence-corrected chi connectivity index (χ1v) is 11.7. The van der Waals surface area contributed by atoms with Crippen LogP contribution in [0.2, 0.25) is 0 Å². The average Bonchev–Trinajstić information content (AvgIpc) is 3.49. The van der Waals surface area contributed by atoms with E-state index in [1.165, 1.54) is 27.1 Å². The number of benzene rings is 1. The van der Waals surface area contributed by atoms with E-state index in [2.05, 4.69) is 10.3 Å².